The Balaban J connectivity index is 2.10. The Morgan fingerprint density at radius 2 is 1.68 bits per heavy atom. The number of carbonyl (C=O) groups excluding carboxylic acids is 1. The number of benzene rings is 2. The molecule has 0 saturated carbocycles. The molecule has 0 saturated heterocycles. The molecule has 2 rings (SSSR count). The molecule has 0 aromatic heterocycles. The van der Waals surface area contributed by atoms with E-state index in [1.165, 1.54) is 6.26 Å². The van der Waals surface area contributed by atoms with Gasteiger partial charge in [-0.25, -0.2) is 8.42 Å². The molecule has 2 aromatic rings. The van der Waals surface area contributed by atoms with E-state index in [0.717, 1.165) is 18.8 Å². The summed E-state index contributed by atoms with van der Waals surface area (Å²) in [5, 5.41) is 2.84. The average molecular weight is 360 g/mol. The van der Waals surface area contributed by atoms with Crippen LogP contribution in [-0.4, -0.2) is 33.7 Å². The lowest BCUT2D eigenvalue weighted by Gasteiger charge is -2.21. The summed E-state index contributed by atoms with van der Waals surface area (Å²) in [6, 6.07) is 14.4. The molecular weight excluding hydrogens is 336 g/mol. The van der Waals surface area contributed by atoms with Crippen molar-refractivity contribution in [2.24, 2.45) is 0 Å². The van der Waals surface area contributed by atoms with E-state index < -0.39 is 9.84 Å². The smallest absolute Gasteiger partial charge is 0.255 e. The van der Waals surface area contributed by atoms with Gasteiger partial charge in [0.2, 0.25) is 0 Å². The lowest BCUT2D eigenvalue weighted by Crippen LogP contribution is -2.21. The van der Waals surface area contributed by atoms with Crippen LogP contribution in [0, 0.1) is 0 Å². The molecule has 134 valence electrons. The van der Waals surface area contributed by atoms with Gasteiger partial charge in [-0.3, -0.25) is 4.79 Å². The van der Waals surface area contributed by atoms with E-state index in [0.29, 0.717) is 16.8 Å². The minimum absolute atomic E-state index is 0.0767. The summed E-state index contributed by atoms with van der Waals surface area (Å²) < 4.78 is 22.8. The quantitative estimate of drug-likeness (QED) is 0.822. The highest BCUT2D eigenvalue weighted by Crippen LogP contribution is 2.18. The molecule has 6 heteroatoms. The van der Waals surface area contributed by atoms with Crippen LogP contribution in [0.15, 0.2) is 48.5 Å². The molecule has 0 fully saturated rings. The monoisotopic (exact) mass is 360 g/mol. The number of carbonyl (C=O) groups is 1. The van der Waals surface area contributed by atoms with E-state index in [1.807, 2.05) is 24.3 Å². The summed E-state index contributed by atoms with van der Waals surface area (Å²) in [6.07, 6.45) is 1.18. The van der Waals surface area contributed by atoms with Crippen molar-refractivity contribution in [3.8, 4) is 0 Å². The highest BCUT2D eigenvalue weighted by Gasteiger charge is 2.10. The van der Waals surface area contributed by atoms with E-state index in [-0.39, 0.29) is 11.7 Å². The van der Waals surface area contributed by atoms with Crippen LogP contribution in [0.4, 0.5) is 11.4 Å². The normalized spacial score (nSPS) is 11.2. The molecule has 0 aliphatic heterocycles. The maximum atomic E-state index is 12.4. The second kappa shape index (κ2) is 8.16. The topological polar surface area (TPSA) is 66.5 Å². The second-order valence-corrected chi connectivity index (χ2v) is 8.08. The Labute approximate surface area is 149 Å². The molecular formula is C19H24N2O3S. The predicted octanol–water partition coefficient (Wildman–Crippen LogP) is 3.33. The summed E-state index contributed by atoms with van der Waals surface area (Å²) >= 11 is 0. The van der Waals surface area contributed by atoms with Crippen molar-refractivity contribution in [3.63, 3.8) is 0 Å². The molecule has 2 aromatic carbocycles. The van der Waals surface area contributed by atoms with Gasteiger partial charge < -0.3 is 10.2 Å². The van der Waals surface area contributed by atoms with E-state index in [9.17, 15) is 13.2 Å². The average Bonchev–Trinajstić information content (AvgIpc) is 2.56. The van der Waals surface area contributed by atoms with Gasteiger partial charge in [0.25, 0.3) is 5.91 Å². The number of amides is 1. The van der Waals surface area contributed by atoms with Crippen molar-refractivity contribution in [2.45, 2.75) is 19.6 Å². The van der Waals surface area contributed by atoms with Crippen LogP contribution < -0.4 is 10.2 Å². The zero-order valence-corrected chi connectivity index (χ0v) is 15.6. The summed E-state index contributed by atoms with van der Waals surface area (Å²) in [7, 11) is -3.13. The summed E-state index contributed by atoms with van der Waals surface area (Å²) in [6.45, 7) is 6.05. The lowest BCUT2D eigenvalue weighted by molar-refractivity contribution is 0.102. The number of anilines is 2. The number of rotatable bonds is 7. The van der Waals surface area contributed by atoms with Crippen LogP contribution in [0.5, 0.6) is 0 Å². The zero-order valence-electron chi connectivity index (χ0n) is 14.8. The lowest BCUT2D eigenvalue weighted by atomic mass is 10.1. The maximum absolute atomic E-state index is 12.4. The van der Waals surface area contributed by atoms with Crippen molar-refractivity contribution in [2.75, 3.05) is 29.6 Å². The van der Waals surface area contributed by atoms with Gasteiger partial charge in [0, 0.05) is 36.3 Å². The SMILES string of the molecule is CCN(CC)c1ccc(NC(=O)c2cccc(CS(C)(=O)=O)c2)cc1. The van der Waals surface area contributed by atoms with Crippen molar-refractivity contribution in [3.05, 3.63) is 59.7 Å². The van der Waals surface area contributed by atoms with Crippen LogP contribution in [0.1, 0.15) is 29.8 Å². The Bertz CT molecular complexity index is 826. The van der Waals surface area contributed by atoms with Crippen LogP contribution >= 0.6 is 0 Å². The first-order valence-electron chi connectivity index (χ1n) is 8.25. The van der Waals surface area contributed by atoms with Crippen molar-refractivity contribution < 1.29 is 13.2 Å². The summed E-state index contributed by atoms with van der Waals surface area (Å²) in [5.74, 6) is -0.335. The van der Waals surface area contributed by atoms with Gasteiger partial charge >= 0.3 is 0 Å². The van der Waals surface area contributed by atoms with E-state index in [2.05, 4.69) is 24.1 Å². The molecule has 25 heavy (non-hydrogen) atoms. The Morgan fingerprint density at radius 1 is 1.04 bits per heavy atom. The molecule has 0 radical (unpaired) electrons. The highest BCUT2D eigenvalue weighted by atomic mass is 32.2. The summed E-state index contributed by atoms with van der Waals surface area (Å²) in [4.78, 5) is 14.6. The van der Waals surface area contributed by atoms with E-state index in [4.69, 9.17) is 0 Å². The Hall–Kier alpha value is -2.34. The standard InChI is InChI=1S/C19H24N2O3S/c1-4-21(5-2)18-11-9-17(10-12-18)20-19(22)16-8-6-7-15(13-16)14-25(3,23)24/h6-13H,4-5,14H2,1-3H3,(H,20,22). The number of nitrogens with one attached hydrogen (secondary N) is 1. The third kappa shape index (κ3) is 5.60. The van der Waals surface area contributed by atoms with Crippen molar-refractivity contribution in [1.82, 2.24) is 0 Å². The molecule has 0 aliphatic carbocycles. The number of sulfone groups is 1. The largest absolute Gasteiger partial charge is 0.372 e. The fourth-order valence-corrected chi connectivity index (χ4v) is 3.44. The molecule has 0 aliphatic rings. The van der Waals surface area contributed by atoms with Crippen LogP contribution in [0.3, 0.4) is 0 Å². The Kier molecular flexibility index (Phi) is 6.20. The molecule has 1 amide bonds. The molecule has 0 unspecified atom stereocenters. The second-order valence-electron chi connectivity index (χ2n) is 5.94. The third-order valence-corrected chi connectivity index (χ3v) is 4.73. The third-order valence-electron chi connectivity index (χ3n) is 3.87. The van der Waals surface area contributed by atoms with Gasteiger partial charge in [-0.2, -0.15) is 0 Å². The Morgan fingerprint density at radius 3 is 2.24 bits per heavy atom. The van der Waals surface area contributed by atoms with Crippen molar-refractivity contribution >= 4 is 27.1 Å². The molecule has 0 heterocycles. The molecule has 0 bridgehead atoms. The van der Waals surface area contributed by atoms with E-state index >= 15 is 0 Å². The molecule has 0 spiro atoms. The zero-order chi connectivity index (χ0) is 18.4. The molecule has 0 atom stereocenters. The fourth-order valence-electron chi connectivity index (χ4n) is 2.65. The first kappa shape index (κ1) is 19.0. The van der Waals surface area contributed by atoms with Gasteiger partial charge in [0.1, 0.15) is 0 Å². The van der Waals surface area contributed by atoms with E-state index in [1.54, 1.807) is 24.3 Å². The van der Waals surface area contributed by atoms with Gasteiger partial charge in [-0.1, -0.05) is 12.1 Å². The number of hydrogen-bond donors (Lipinski definition) is 1. The van der Waals surface area contributed by atoms with Crippen LogP contribution in [0.25, 0.3) is 0 Å². The van der Waals surface area contributed by atoms with Crippen LogP contribution in [0.2, 0.25) is 0 Å². The predicted molar refractivity (Wildman–Crippen MR) is 103 cm³/mol. The number of hydrogen-bond acceptors (Lipinski definition) is 4. The van der Waals surface area contributed by atoms with Crippen molar-refractivity contribution in [1.29, 1.82) is 0 Å². The first-order valence-corrected chi connectivity index (χ1v) is 10.3. The van der Waals surface area contributed by atoms with Gasteiger partial charge in [-0.15, -0.1) is 0 Å². The number of nitrogens with zero attached hydrogens (tertiary/aromatic N) is 1. The van der Waals surface area contributed by atoms with Gasteiger partial charge in [0.15, 0.2) is 9.84 Å². The van der Waals surface area contributed by atoms with Crippen LogP contribution in [-0.2, 0) is 15.6 Å². The highest BCUT2D eigenvalue weighted by molar-refractivity contribution is 7.89. The summed E-state index contributed by atoms with van der Waals surface area (Å²) in [5.41, 5.74) is 2.86. The van der Waals surface area contributed by atoms with Gasteiger partial charge in [0.05, 0.1) is 5.75 Å². The fraction of sp³-hybridized carbons (Fsp3) is 0.316. The minimum atomic E-state index is -3.13. The molecule has 1 N–H and O–H groups in total. The van der Waals surface area contributed by atoms with Gasteiger partial charge in [-0.05, 0) is 55.8 Å². The minimum Gasteiger partial charge on any atom is -0.372 e. The first-order chi connectivity index (χ1) is 11.8. The molecule has 5 nitrogen and oxygen atoms in total. The maximum Gasteiger partial charge on any atom is 0.255 e.